The molecule has 74 valence electrons. The maximum absolute atomic E-state index is 5.54. The highest BCUT2D eigenvalue weighted by Gasteiger charge is 2.05. The summed E-state index contributed by atoms with van der Waals surface area (Å²) in [5.41, 5.74) is 6.51. The van der Waals surface area contributed by atoms with E-state index in [2.05, 4.69) is 20.5 Å². The van der Waals surface area contributed by atoms with Crippen LogP contribution in [0, 0.1) is 0 Å². The van der Waals surface area contributed by atoms with Gasteiger partial charge in [-0.25, -0.2) is 9.67 Å². The van der Waals surface area contributed by atoms with Gasteiger partial charge in [-0.2, -0.15) is 0 Å². The molecule has 0 aromatic carbocycles. The normalized spacial score (nSPS) is 10.7. The van der Waals surface area contributed by atoms with Gasteiger partial charge in [-0.1, -0.05) is 0 Å². The molecule has 0 aliphatic rings. The minimum Gasteiger partial charge on any atom is -0.326 e. The summed E-state index contributed by atoms with van der Waals surface area (Å²) < 4.78 is 3.55. The van der Waals surface area contributed by atoms with Crippen LogP contribution >= 0.6 is 0 Å². The van der Waals surface area contributed by atoms with Gasteiger partial charge < -0.3 is 10.3 Å². The molecular formula is C7H11N7. The Balaban J connectivity index is 2.22. The smallest absolute Gasteiger partial charge is 0.170 e. The van der Waals surface area contributed by atoms with Crippen LogP contribution in [0.4, 0.5) is 0 Å². The average molecular weight is 193 g/mol. The number of hydrogen-bond acceptors (Lipinski definition) is 5. The minimum absolute atomic E-state index is 0.464. The van der Waals surface area contributed by atoms with Crippen molar-refractivity contribution in [2.75, 3.05) is 0 Å². The van der Waals surface area contributed by atoms with Crippen molar-refractivity contribution in [2.24, 2.45) is 12.8 Å². The van der Waals surface area contributed by atoms with Gasteiger partial charge in [-0.05, 0) is 10.4 Å². The highest BCUT2D eigenvalue weighted by atomic mass is 15.5. The molecule has 7 heteroatoms. The van der Waals surface area contributed by atoms with Gasteiger partial charge in [-0.3, -0.25) is 0 Å². The third-order valence-electron chi connectivity index (χ3n) is 2.03. The van der Waals surface area contributed by atoms with Crippen molar-refractivity contribution in [3.05, 3.63) is 24.0 Å². The topological polar surface area (TPSA) is 87.4 Å². The van der Waals surface area contributed by atoms with Crippen molar-refractivity contribution in [1.29, 1.82) is 0 Å². The number of imidazole rings is 1. The Kier molecular flexibility index (Phi) is 2.23. The molecule has 0 saturated carbocycles. The number of nitrogens with zero attached hydrogens (tertiary/aromatic N) is 6. The Morgan fingerprint density at radius 1 is 1.50 bits per heavy atom. The molecular weight excluding hydrogens is 182 g/mol. The van der Waals surface area contributed by atoms with Crippen LogP contribution in [-0.4, -0.2) is 29.8 Å². The molecule has 0 unspecified atom stereocenters. The first kappa shape index (κ1) is 8.82. The quantitative estimate of drug-likeness (QED) is 0.669. The Morgan fingerprint density at radius 2 is 2.36 bits per heavy atom. The minimum atomic E-state index is 0.464. The largest absolute Gasteiger partial charge is 0.326 e. The Labute approximate surface area is 80.5 Å². The van der Waals surface area contributed by atoms with E-state index < -0.39 is 0 Å². The monoisotopic (exact) mass is 193 g/mol. The molecule has 0 amide bonds. The summed E-state index contributed by atoms with van der Waals surface area (Å²) in [4.78, 5) is 4.01. The number of nitrogens with two attached hydrogens (primary N) is 1. The van der Waals surface area contributed by atoms with Gasteiger partial charge in [0, 0.05) is 19.8 Å². The van der Waals surface area contributed by atoms with Crippen molar-refractivity contribution in [2.45, 2.75) is 13.1 Å². The van der Waals surface area contributed by atoms with Crippen LogP contribution in [0.2, 0.25) is 0 Å². The zero-order chi connectivity index (χ0) is 9.97. The van der Waals surface area contributed by atoms with Gasteiger partial charge in [-0.15, -0.1) is 5.10 Å². The van der Waals surface area contributed by atoms with E-state index in [9.17, 15) is 0 Å². The van der Waals surface area contributed by atoms with Crippen molar-refractivity contribution in [1.82, 2.24) is 29.8 Å². The summed E-state index contributed by atoms with van der Waals surface area (Å²) in [7, 11) is 1.80. The second-order valence-electron chi connectivity index (χ2n) is 2.94. The van der Waals surface area contributed by atoms with Crippen LogP contribution in [0.5, 0.6) is 0 Å². The molecule has 0 spiro atoms. The molecule has 7 nitrogen and oxygen atoms in total. The van der Waals surface area contributed by atoms with Gasteiger partial charge in [0.2, 0.25) is 0 Å². The van der Waals surface area contributed by atoms with E-state index in [1.54, 1.807) is 24.3 Å². The van der Waals surface area contributed by atoms with Gasteiger partial charge in [0.25, 0.3) is 0 Å². The zero-order valence-corrected chi connectivity index (χ0v) is 7.83. The maximum Gasteiger partial charge on any atom is 0.170 e. The van der Waals surface area contributed by atoms with E-state index in [4.69, 9.17) is 5.73 Å². The van der Waals surface area contributed by atoms with Crippen LogP contribution in [0.3, 0.4) is 0 Å². The van der Waals surface area contributed by atoms with E-state index in [1.807, 2.05) is 4.57 Å². The summed E-state index contributed by atoms with van der Waals surface area (Å²) in [6.07, 6.45) is 3.46. The third kappa shape index (κ3) is 1.49. The predicted molar refractivity (Wildman–Crippen MR) is 48.0 cm³/mol. The Hall–Kier alpha value is -1.76. The van der Waals surface area contributed by atoms with E-state index in [0.29, 0.717) is 13.1 Å². The zero-order valence-electron chi connectivity index (χ0n) is 7.83. The number of aromatic nitrogens is 6. The summed E-state index contributed by atoms with van der Waals surface area (Å²) >= 11 is 0. The number of tetrazole rings is 1. The van der Waals surface area contributed by atoms with Gasteiger partial charge >= 0.3 is 0 Å². The van der Waals surface area contributed by atoms with Gasteiger partial charge in [0.05, 0.1) is 18.6 Å². The molecule has 0 aliphatic carbocycles. The second kappa shape index (κ2) is 3.54. The number of hydrogen-bond donors (Lipinski definition) is 1. The van der Waals surface area contributed by atoms with Crippen molar-refractivity contribution >= 4 is 0 Å². The van der Waals surface area contributed by atoms with E-state index in [-0.39, 0.29) is 0 Å². The van der Waals surface area contributed by atoms with E-state index in [1.165, 1.54) is 0 Å². The van der Waals surface area contributed by atoms with Crippen LogP contribution in [-0.2, 0) is 20.1 Å². The number of aryl methyl sites for hydroxylation is 1. The summed E-state index contributed by atoms with van der Waals surface area (Å²) in [5, 5.41) is 11.2. The van der Waals surface area contributed by atoms with Crippen molar-refractivity contribution in [3.8, 4) is 0 Å². The first-order chi connectivity index (χ1) is 6.81. The highest BCUT2D eigenvalue weighted by molar-refractivity contribution is 4.99. The first-order valence-corrected chi connectivity index (χ1v) is 4.21. The third-order valence-corrected chi connectivity index (χ3v) is 2.03. The molecule has 2 rings (SSSR count). The summed E-state index contributed by atoms with van der Waals surface area (Å²) in [6, 6.07) is 0. The predicted octanol–water partition coefficient (Wildman–Crippen LogP) is -1.09. The molecule has 0 radical (unpaired) electrons. The van der Waals surface area contributed by atoms with Crippen LogP contribution in [0.25, 0.3) is 0 Å². The molecule has 2 N–H and O–H groups in total. The first-order valence-electron chi connectivity index (χ1n) is 4.21. The lowest BCUT2D eigenvalue weighted by molar-refractivity contribution is 0.631. The number of rotatable bonds is 3. The highest BCUT2D eigenvalue weighted by Crippen LogP contribution is 2.01. The molecule has 0 saturated heterocycles. The summed E-state index contributed by atoms with van der Waals surface area (Å²) in [6.45, 7) is 1.06. The molecule has 0 fully saturated rings. The molecule has 2 aromatic heterocycles. The fourth-order valence-corrected chi connectivity index (χ4v) is 1.19. The maximum atomic E-state index is 5.54. The lowest BCUT2D eigenvalue weighted by atomic mass is 10.4. The molecule has 0 aliphatic heterocycles. The molecule has 0 bridgehead atoms. The Morgan fingerprint density at radius 3 is 3.00 bits per heavy atom. The summed E-state index contributed by atoms with van der Waals surface area (Å²) in [5.74, 6) is 0.776. The van der Waals surface area contributed by atoms with Crippen LogP contribution < -0.4 is 5.73 Å². The lowest BCUT2D eigenvalue weighted by Gasteiger charge is -2.04. The molecule has 0 atom stereocenters. The van der Waals surface area contributed by atoms with Crippen molar-refractivity contribution in [3.63, 3.8) is 0 Å². The fraction of sp³-hybridized carbons (Fsp3) is 0.429. The SMILES string of the molecule is Cn1nnnc1Cn1cncc1CN. The second-order valence-corrected chi connectivity index (χ2v) is 2.94. The van der Waals surface area contributed by atoms with Gasteiger partial charge in [0.1, 0.15) is 0 Å². The van der Waals surface area contributed by atoms with E-state index >= 15 is 0 Å². The molecule has 2 heterocycles. The Bertz CT molecular complexity index is 415. The lowest BCUT2D eigenvalue weighted by Crippen LogP contribution is -2.10. The molecule has 2 aromatic rings. The fourth-order valence-electron chi connectivity index (χ4n) is 1.19. The van der Waals surface area contributed by atoms with Crippen molar-refractivity contribution < 1.29 is 0 Å². The van der Waals surface area contributed by atoms with Gasteiger partial charge in [0.15, 0.2) is 5.82 Å². The van der Waals surface area contributed by atoms with Crippen LogP contribution in [0.15, 0.2) is 12.5 Å². The molecule has 14 heavy (non-hydrogen) atoms. The van der Waals surface area contributed by atoms with Crippen LogP contribution in [0.1, 0.15) is 11.5 Å². The van der Waals surface area contributed by atoms with E-state index in [0.717, 1.165) is 11.5 Å². The average Bonchev–Trinajstić information content (AvgIpc) is 2.77. The standard InChI is InChI=1S/C7H11N7/c1-13-7(10-11-12-13)4-14-5-9-3-6(14)2-8/h3,5H,2,4,8H2,1H3.